The van der Waals surface area contributed by atoms with Crippen LogP contribution >= 0.6 is 22.9 Å². The van der Waals surface area contributed by atoms with E-state index in [1.807, 2.05) is 0 Å². The van der Waals surface area contributed by atoms with E-state index in [4.69, 9.17) is 16.3 Å². The Balaban J connectivity index is 2.27. The molecule has 1 amide bonds. The molecule has 3 rings (SSSR count). The van der Waals surface area contributed by atoms with Gasteiger partial charge in [-0.25, -0.2) is 4.79 Å². The molecule has 0 radical (unpaired) electrons. The van der Waals surface area contributed by atoms with Crippen molar-refractivity contribution >= 4 is 50.6 Å². The third kappa shape index (κ3) is 3.79. The van der Waals surface area contributed by atoms with Crippen molar-refractivity contribution < 1.29 is 14.3 Å². The lowest BCUT2D eigenvalue weighted by atomic mass is 10.2. The third-order valence-electron chi connectivity index (χ3n) is 3.95. The molecule has 0 fully saturated rings. The number of halogens is 1. The van der Waals surface area contributed by atoms with E-state index in [0.29, 0.717) is 21.1 Å². The number of thiophene rings is 1. The summed E-state index contributed by atoms with van der Waals surface area (Å²) in [6.45, 7) is 5.36. The maximum absolute atomic E-state index is 13.2. The summed E-state index contributed by atoms with van der Waals surface area (Å²) in [5.74, 6) is -1.13. The molecule has 2 heterocycles. The average molecular weight is 420 g/mol. The van der Waals surface area contributed by atoms with Crippen LogP contribution in [0, 0.1) is 5.92 Å². The van der Waals surface area contributed by atoms with E-state index in [1.165, 1.54) is 0 Å². The Morgan fingerprint density at radius 3 is 2.57 bits per heavy atom. The first-order valence-corrected chi connectivity index (χ1v) is 9.87. The van der Waals surface area contributed by atoms with Crippen LogP contribution in [0.25, 0.3) is 16.5 Å². The van der Waals surface area contributed by atoms with E-state index < -0.39 is 11.5 Å². The van der Waals surface area contributed by atoms with Crippen LogP contribution in [0.5, 0.6) is 0 Å². The van der Waals surface area contributed by atoms with Crippen molar-refractivity contribution in [3.63, 3.8) is 0 Å². The second-order valence-electron chi connectivity index (χ2n) is 6.26. The number of ether oxygens (including phenoxy) is 1. The number of benzene rings is 1. The molecule has 0 bridgehead atoms. The predicted octanol–water partition coefficient (Wildman–Crippen LogP) is 3.87. The number of carbonyl (C=O) groups is 2. The van der Waals surface area contributed by atoms with E-state index in [2.05, 4.69) is 10.4 Å². The molecule has 1 aromatic carbocycles. The lowest BCUT2D eigenvalue weighted by Crippen LogP contribution is -2.26. The number of fused-ring (bicyclic) bond motifs is 1. The molecular weight excluding hydrogens is 402 g/mol. The highest BCUT2D eigenvalue weighted by Gasteiger charge is 2.23. The number of nitrogens with one attached hydrogen (secondary N) is 1. The van der Waals surface area contributed by atoms with Crippen molar-refractivity contribution in [2.24, 2.45) is 5.92 Å². The first-order chi connectivity index (χ1) is 13.3. The smallest absolute Gasteiger partial charge is 0.359 e. The molecular formula is C19H18ClN3O4S. The minimum Gasteiger partial charge on any atom is -0.461 e. The molecule has 0 spiro atoms. The zero-order chi connectivity index (χ0) is 20.4. The number of amides is 1. The van der Waals surface area contributed by atoms with Crippen LogP contribution in [0.15, 0.2) is 34.4 Å². The van der Waals surface area contributed by atoms with Gasteiger partial charge in [-0.3, -0.25) is 9.59 Å². The van der Waals surface area contributed by atoms with Crippen LogP contribution < -0.4 is 10.9 Å². The van der Waals surface area contributed by atoms with Gasteiger partial charge in [0.1, 0.15) is 5.00 Å². The fourth-order valence-corrected chi connectivity index (χ4v) is 3.57. The number of nitrogens with zero attached hydrogens (tertiary/aromatic N) is 2. The average Bonchev–Trinajstić information content (AvgIpc) is 3.07. The highest BCUT2D eigenvalue weighted by molar-refractivity contribution is 7.16. The summed E-state index contributed by atoms with van der Waals surface area (Å²) in [5.41, 5.74) is -0.00689. The summed E-state index contributed by atoms with van der Waals surface area (Å²) in [4.78, 5) is 37.7. The number of rotatable bonds is 5. The first kappa shape index (κ1) is 20.0. The highest BCUT2D eigenvalue weighted by Crippen LogP contribution is 2.31. The largest absolute Gasteiger partial charge is 0.461 e. The molecule has 3 aromatic rings. The molecule has 146 valence electrons. The zero-order valence-electron chi connectivity index (χ0n) is 15.5. The van der Waals surface area contributed by atoms with E-state index in [1.54, 1.807) is 50.4 Å². The van der Waals surface area contributed by atoms with Gasteiger partial charge in [0.25, 0.3) is 5.56 Å². The van der Waals surface area contributed by atoms with Crippen LogP contribution in [0.1, 0.15) is 31.3 Å². The Bertz CT molecular complexity index is 1100. The van der Waals surface area contributed by atoms with Gasteiger partial charge in [0.2, 0.25) is 5.91 Å². The Morgan fingerprint density at radius 1 is 1.29 bits per heavy atom. The van der Waals surface area contributed by atoms with Crippen molar-refractivity contribution in [2.75, 3.05) is 11.9 Å². The number of anilines is 1. The number of esters is 1. The SMILES string of the molecule is CCOC(=O)c1nn(-c2ccc(Cl)cc2)c(=O)c2c(NC(=O)C(C)C)scc12. The molecule has 0 aliphatic rings. The van der Waals surface area contributed by atoms with Crippen LogP contribution in [0.3, 0.4) is 0 Å². The Kier molecular flexibility index (Phi) is 5.81. The Morgan fingerprint density at radius 2 is 1.96 bits per heavy atom. The van der Waals surface area contributed by atoms with Crippen LogP contribution in [0.4, 0.5) is 5.00 Å². The summed E-state index contributed by atoms with van der Waals surface area (Å²) in [6.07, 6.45) is 0. The normalized spacial score (nSPS) is 11.0. The highest BCUT2D eigenvalue weighted by atomic mass is 35.5. The van der Waals surface area contributed by atoms with Gasteiger partial charge in [0.05, 0.1) is 17.7 Å². The lowest BCUT2D eigenvalue weighted by molar-refractivity contribution is -0.118. The fourth-order valence-electron chi connectivity index (χ4n) is 2.51. The molecule has 7 nitrogen and oxygen atoms in total. The maximum atomic E-state index is 13.2. The number of carbonyl (C=O) groups excluding carboxylic acids is 2. The van der Waals surface area contributed by atoms with Gasteiger partial charge in [-0.1, -0.05) is 25.4 Å². The van der Waals surface area contributed by atoms with Crippen molar-refractivity contribution in [2.45, 2.75) is 20.8 Å². The molecule has 9 heteroatoms. The second kappa shape index (κ2) is 8.12. The molecule has 0 saturated heterocycles. The van der Waals surface area contributed by atoms with Gasteiger partial charge in [-0.05, 0) is 31.2 Å². The third-order valence-corrected chi connectivity index (χ3v) is 5.10. The van der Waals surface area contributed by atoms with Crippen molar-refractivity contribution in [1.29, 1.82) is 0 Å². The molecule has 2 aromatic heterocycles. The van der Waals surface area contributed by atoms with Gasteiger partial charge in [0.15, 0.2) is 5.69 Å². The monoisotopic (exact) mass is 419 g/mol. The Labute approximate surface area is 169 Å². The van der Waals surface area contributed by atoms with Crippen LogP contribution in [-0.4, -0.2) is 28.3 Å². The van der Waals surface area contributed by atoms with E-state index in [-0.39, 0.29) is 29.5 Å². The fraction of sp³-hybridized carbons (Fsp3) is 0.263. The first-order valence-electron chi connectivity index (χ1n) is 8.62. The van der Waals surface area contributed by atoms with Crippen molar-refractivity contribution in [3.8, 4) is 5.69 Å². The standard InChI is InChI=1S/C19H18ClN3O4S/c1-4-27-19(26)15-13-9-28-17(21-16(24)10(2)3)14(13)18(25)23(22-15)12-7-5-11(20)6-8-12/h5-10H,4H2,1-3H3,(H,21,24). The molecule has 0 unspecified atom stereocenters. The van der Waals surface area contributed by atoms with E-state index in [0.717, 1.165) is 16.0 Å². The molecule has 0 saturated carbocycles. The Hall–Kier alpha value is -2.71. The molecule has 0 aliphatic heterocycles. The van der Waals surface area contributed by atoms with E-state index in [9.17, 15) is 14.4 Å². The lowest BCUT2D eigenvalue weighted by Gasteiger charge is -2.10. The number of hydrogen-bond acceptors (Lipinski definition) is 6. The van der Waals surface area contributed by atoms with Crippen LogP contribution in [-0.2, 0) is 9.53 Å². The summed E-state index contributed by atoms with van der Waals surface area (Å²) in [6, 6.07) is 6.48. The summed E-state index contributed by atoms with van der Waals surface area (Å²) < 4.78 is 6.21. The molecule has 0 atom stereocenters. The number of aromatic nitrogens is 2. The van der Waals surface area contributed by atoms with Gasteiger partial charge in [-0.15, -0.1) is 11.3 Å². The number of hydrogen-bond donors (Lipinski definition) is 1. The topological polar surface area (TPSA) is 90.3 Å². The van der Waals surface area contributed by atoms with Crippen LogP contribution in [0.2, 0.25) is 5.02 Å². The minimum absolute atomic E-state index is 0.00713. The second-order valence-corrected chi connectivity index (χ2v) is 7.58. The van der Waals surface area contributed by atoms with Gasteiger partial charge in [-0.2, -0.15) is 9.78 Å². The molecule has 0 aliphatic carbocycles. The van der Waals surface area contributed by atoms with Gasteiger partial charge >= 0.3 is 5.97 Å². The summed E-state index contributed by atoms with van der Waals surface area (Å²) >= 11 is 7.09. The maximum Gasteiger partial charge on any atom is 0.359 e. The predicted molar refractivity (Wildman–Crippen MR) is 110 cm³/mol. The molecule has 28 heavy (non-hydrogen) atoms. The van der Waals surface area contributed by atoms with Crippen molar-refractivity contribution in [3.05, 3.63) is 50.7 Å². The zero-order valence-corrected chi connectivity index (χ0v) is 17.1. The van der Waals surface area contributed by atoms with E-state index >= 15 is 0 Å². The van der Waals surface area contributed by atoms with Crippen molar-refractivity contribution in [1.82, 2.24) is 9.78 Å². The molecule has 1 N–H and O–H groups in total. The summed E-state index contributed by atoms with van der Waals surface area (Å²) in [7, 11) is 0. The van der Waals surface area contributed by atoms with Gasteiger partial charge in [0, 0.05) is 21.7 Å². The quantitative estimate of drug-likeness (QED) is 0.634. The minimum atomic E-state index is -0.644. The van der Waals surface area contributed by atoms with Gasteiger partial charge < -0.3 is 10.1 Å². The summed E-state index contributed by atoms with van der Waals surface area (Å²) in [5, 5.41) is 10.0.